The fraction of sp³-hybridized carbons (Fsp3) is 0.438. The molecule has 0 radical (unpaired) electrons. The van der Waals surface area contributed by atoms with Crippen LogP contribution in [0.5, 0.6) is 0 Å². The summed E-state index contributed by atoms with van der Waals surface area (Å²) in [4.78, 5) is 16.6. The first-order valence-electron chi connectivity index (χ1n) is 7.66. The van der Waals surface area contributed by atoms with Gasteiger partial charge in [0.15, 0.2) is 4.34 Å². The molecule has 122 valence electrons. The third kappa shape index (κ3) is 4.53. The minimum absolute atomic E-state index is 0.195. The normalized spacial score (nSPS) is 15.8. The molecule has 0 spiro atoms. The van der Waals surface area contributed by atoms with Gasteiger partial charge >= 0.3 is 0 Å². The number of carbonyl (C=O) groups excluding carboxylic acids is 1. The Morgan fingerprint density at radius 1 is 1.26 bits per heavy atom. The standard InChI is InChI=1S/C16H20N4OS2/c1-13-4-2-3-5-14(13)10-19-6-8-20(9-7-19)15(21)11-22-16-18-17-12-23-16/h2-5,12H,6-11H2,1H3. The predicted octanol–water partition coefficient (Wildman–Crippen LogP) is 2.28. The van der Waals surface area contributed by atoms with E-state index in [2.05, 4.69) is 46.3 Å². The summed E-state index contributed by atoms with van der Waals surface area (Å²) in [6, 6.07) is 8.50. The number of rotatable bonds is 5. The zero-order valence-corrected chi connectivity index (χ0v) is 14.8. The van der Waals surface area contributed by atoms with Crippen LogP contribution in [-0.2, 0) is 11.3 Å². The Labute approximate surface area is 144 Å². The molecule has 0 N–H and O–H groups in total. The maximum atomic E-state index is 12.3. The number of piperazine rings is 1. The maximum Gasteiger partial charge on any atom is 0.233 e. The SMILES string of the molecule is Cc1ccccc1CN1CCN(C(=O)CSc2nncs2)CC1. The Balaban J connectivity index is 1.44. The van der Waals surface area contributed by atoms with E-state index in [0.29, 0.717) is 5.75 Å². The quantitative estimate of drug-likeness (QED) is 0.776. The number of hydrogen-bond donors (Lipinski definition) is 0. The van der Waals surface area contributed by atoms with Gasteiger partial charge in [-0.3, -0.25) is 9.69 Å². The van der Waals surface area contributed by atoms with Crippen LogP contribution < -0.4 is 0 Å². The van der Waals surface area contributed by atoms with E-state index in [-0.39, 0.29) is 5.91 Å². The molecule has 23 heavy (non-hydrogen) atoms. The van der Waals surface area contributed by atoms with Crippen molar-refractivity contribution < 1.29 is 4.79 Å². The van der Waals surface area contributed by atoms with Gasteiger partial charge in [0.2, 0.25) is 5.91 Å². The first-order valence-corrected chi connectivity index (χ1v) is 9.52. The zero-order valence-electron chi connectivity index (χ0n) is 13.1. The molecular formula is C16H20N4OS2. The summed E-state index contributed by atoms with van der Waals surface area (Å²) in [5, 5.41) is 7.74. The van der Waals surface area contributed by atoms with Gasteiger partial charge in [-0.25, -0.2) is 0 Å². The van der Waals surface area contributed by atoms with Gasteiger partial charge in [-0.2, -0.15) is 0 Å². The molecule has 2 aromatic rings. The van der Waals surface area contributed by atoms with E-state index in [0.717, 1.165) is 37.1 Å². The largest absolute Gasteiger partial charge is 0.339 e. The van der Waals surface area contributed by atoms with Crippen LogP contribution in [-0.4, -0.2) is 57.8 Å². The molecule has 2 heterocycles. The highest BCUT2D eigenvalue weighted by Gasteiger charge is 2.21. The summed E-state index contributed by atoms with van der Waals surface area (Å²) in [5.41, 5.74) is 4.40. The lowest BCUT2D eigenvalue weighted by Crippen LogP contribution is -2.48. The minimum atomic E-state index is 0.195. The Morgan fingerprint density at radius 3 is 2.74 bits per heavy atom. The number of carbonyl (C=O) groups is 1. The zero-order chi connectivity index (χ0) is 16.1. The van der Waals surface area contributed by atoms with Crippen LogP contribution in [0.15, 0.2) is 34.1 Å². The molecule has 5 nitrogen and oxygen atoms in total. The van der Waals surface area contributed by atoms with Gasteiger partial charge in [0, 0.05) is 32.7 Å². The lowest BCUT2D eigenvalue weighted by Gasteiger charge is -2.35. The highest BCUT2D eigenvalue weighted by Crippen LogP contribution is 2.20. The van der Waals surface area contributed by atoms with Gasteiger partial charge in [0.1, 0.15) is 5.51 Å². The molecule has 7 heteroatoms. The summed E-state index contributed by atoms with van der Waals surface area (Å²) in [5.74, 6) is 0.647. The van der Waals surface area contributed by atoms with E-state index < -0.39 is 0 Å². The predicted molar refractivity (Wildman–Crippen MR) is 93.7 cm³/mol. The second-order valence-corrected chi connectivity index (χ2v) is 7.63. The molecule has 3 rings (SSSR count). The van der Waals surface area contributed by atoms with E-state index in [4.69, 9.17) is 0 Å². The van der Waals surface area contributed by atoms with Crippen LogP contribution in [0.4, 0.5) is 0 Å². The van der Waals surface area contributed by atoms with Crippen molar-refractivity contribution >= 4 is 29.0 Å². The fourth-order valence-corrected chi connectivity index (χ4v) is 4.02. The number of amides is 1. The molecule has 1 aromatic carbocycles. The first kappa shape index (κ1) is 16.4. The van der Waals surface area contributed by atoms with Crippen molar-refractivity contribution in [2.24, 2.45) is 0 Å². The average molecular weight is 348 g/mol. The topological polar surface area (TPSA) is 49.3 Å². The van der Waals surface area contributed by atoms with E-state index in [1.165, 1.54) is 34.2 Å². The molecule has 0 bridgehead atoms. The van der Waals surface area contributed by atoms with Crippen molar-refractivity contribution in [3.05, 3.63) is 40.9 Å². The van der Waals surface area contributed by atoms with Crippen molar-refractivity contribution in [3.8, 4) is 0 Å². The number of nitrogens with zero attached hydrogens (tertiary/aromatic N) is 4. The summed E-state index contributed by atoms with van der Waals surface area (Å²) in [7, 11) is 0. The monoisotopic (exact) mass is 348 g/mol. The minimum Gasteiger partial charge on any atom is -0.339 e. The number of hydrogen-bond acceptors (Lipinski definition) is 6. The van der Waals surface area contributed by atoms with E-state index >= 15 is 0 Å². The average Bonchev–Trinajstić information content (AvgIpc) is 3.09. The third-order valence-corrected chi connectivity index (χ3v) is 5.88. The molecule has 1 saturated heterocycles. The number of aryl methyl sites for hydroxylation is 1. The van der Waals surface area contributed by atoms with Gasteiger partial charge in [-0.05, 0) is 18.1 Å². The van der Waals surface area contributed by atoms with Gasteiger partial charge < -0.3 is 4.90 Å². The van der Waals surface area contributed by atoms with Crippen molar-refractivity contribution in [2.45, 2.75) is 17.8 Å². The molecule has 1 aliphatic rings. The fourth-order valence-electron chi connectivity index (χ4n) is 2.62. The summed E-state index contributed by atoms with van der Waals surface area (Å²) >= 11 is 2.95. The highest BCUT2D eigenvalue weighted by atomic mass is 32.2. The van der Waals surface area contributed by atoms with Crippen LogP contribution >= 0.6 is 23.1 Å². The molecule has 0 aliphatic carbocycles. The second kappa shape index (κ2) is 7.90. The van der Waals surface area contributed by atoms with Crippen molar-refractivity contribution in [1.82, 2.24) is 20.0 Å². The Hall–Kier alpha value is -1.44. The van der Waals surface area contributed by atoms with Crippen LogP contribution in [0.3, 0.4) is 0 Å². The Morgan fingerprint density at radius 2 is 2.04 bits per heavy atom. The second-order valence-electron chi connectivity index (χ2n) is 5.58. The summed E-state index contributed by atoms with van der Waals surface area (Å²) in [6.45, 7) is 6.60. The van der Waals surface area contributed by atoms with E-state index in [1.54, 1.807) is 5.51 Å². The van der Waals surface area contributed by atoms with Gasteiger partial charge in [0.25, 0.3) is 0 Å². The molecular weight excluding hydrogens is 328 g/mol. The molecule has 1 fully saturated rings. The van der Waals surface area contributed by atoms with Crippen molar-refractivity contribution in [3.63, 3.8) is 0 Å². The summed E-state index contributed by atoms with van der Waals surface area (Å²) < 4.78 is 0.858. The molecule has 0 atom stereocenters. The highest BCUT2D eigenvalue weighted by molar-refractivity contribution is 8.01. The van der Waals surface area contributed by atoms with E-state index in [9.17, 15) is 4.79 Å². The Bertz CT molecular complexity index is 639. The third-order valence-electron chi connectivity index (χ3n) is 4.04. The van der Waals surface area contributed by atoms with Crippen molar-refractivity contribution in [2.75, 3.05) is 31.9 Å². The van der Waals surface area contributed by atoms with Crippen LogP contribution in [0.1, 0.15) is 11.1 Å². The number of aromatic nitrogens is 2. The first-order chi connectivity index (χ1) is 11.2. The molecule has 0 unspecified atom stereocenters. The molecule has 0 saturated carbocycles. The summed E-state index contributed by atoms with van der Waals surface area (Å²) in [6.07, 6.45) is 0. The molecule has 1 amide bonds. The van der Waals surface area contributed by atoms with Crippen LogP contribution in [0.2, 0.25) is 0 Å². The smallest absolute Gasteiger partial charge is 0.233 e. The number of benzene rings is 1. The van der Waals surface area contributed by atoms with Crippen LogP contribution in [0.25, 0.3) is 0 Å². The lowest BCUT2D eigenvalue weighted by molar-refractivity contribution is -0.130. The Kier molecular flexibility index (Phi) is 5.64. The van der Waals surface area contributed by atoms with Gasteiger partial charge in [0.05, 0.1) is 5.75 Å². The maximum absolute atomic E-state index is 12.3. The lowest BCUT2D eigenvalue weighted by atomic mass is 10.1. The number of thioether (sulfide) groups is 1. The molecule has 1 aliphatic heterocycles. The van der Waals surface area contributed by atoms with Gasteiger partial charge in [-0.1, -0.05) is 47.4 Å². The molecule has 1 aromatic heterocycles. The van der Waals surface area contributed by atoms with Crippen LogP contribution in [0, 0.1) is 6.92 Å². The van der Waals surface area contributed by atoms with Crippen molar-refractivity contribution in [1.29, 1.82) is 0 Å². The van der Waals surface area contributed by atoms with E-state index in [1.807, 2.05) is 4.90 Å². The van der Waals surface area contributed by atoms with Gasteiger partial charge in [-0.15, -0.1) is 10.2 Å².